The van der Waals surface area contributed by atoms with Gasteiger partial charge in [-0.05, 0) is 47.3 Å². The van der Waals surface area contributed by atoms with E-state index in [-0.39, 0.29) is 0 Å². The third-order valence-electron chi connectivity index (χ3n) is 2.39. The Morgan fingerprint density at radius 3 is 2.46 bits per heavy atom. The van der Waals surface area contributed by atoms with Gasteiger partial charge in [0.25, 0.3) is 0 Å². The van der Waals surface area contributed by atoms with Crippen LogP contribution in [0.15, 0.2) is 12.7 Å². The van der Waals surface area contributed by atoms with Gasteiger partial charge in [-0.15, -0.1) is 6.58 Å². The maximum absolute atomic E-state index is 3.73. The summed E-state index contributed by atoms with van der Waals surface area (Å²) in [5.41, 5.74) is 0. The van der Waals surface area contributed by atoms with Crippen LogP contribution in [0.25, 0.3) is 0 Å². The van der Waals surface area contributed by atoms with Crippen molar-refractivity contribution in [2.24, 2.45) is 0 Å². The van der Waals surface area contributed by atoms with Crippen LogP contribution in [-0.4, -0.2) is 37.1 Å². The predicted octanol–water partition coefficient (Wildman–Crippen LogP) is 1.88. The summed E-state index contributed by atoms with van der Waals surface area (Å²) in [4.78, 5) is 2.36. The molecule has 0 aromatic carbocycles. The molecule has 0 aliphatic carbocycles. The summed E-state index contributed by atoms with van der Waals surface area (Å²) in [5.74, 6) is 0. The van der Waals surface area contributed by atoms with E-state index >= 15 is 0 Å². The minimum atomic E-state index is 0.435. The van der Waals surface area contributed by atoms with Gasteiger partial charge in [0, 0.05) is 12.1 Å². The zero-order valence-corrected chi connectivity index (χ0v) is 9.51. The van der Waals surface area contributed by atoms with Crippen LogP contribution in [0.3, 0.4) is 0 Å². The number of nitrogens with zero attached hydrogens (tertiary/aromatic N) is 1. The lowest BCUT2D eigenvalue weighted by atomic mass is 10.3. The van der Waals surface area contributed by atoms with Gasteiger partial charge in [-0.2, -0.15) is 0 Å². The molecule has 78 valence electrons. The maximum atomic E-state index is 3.73. The second-order valence-corrected chi connectivity index (χ2v) is 3.91. The highest BCUT2D eigenvalue weighted by Gasteiger charge is 2.01. The molecule has 1 atom stereocenters. The van der Waals surface area contributed by atoms with E-state index in [9.17, 15) is 0 Å². The van der Waals surface area contributed by atoms with Crippen molar-refractivity contribution in [1.82, 2.24) is 10.2 Å². The molecule has 0 radical (unpaired) electrons. The van der Waals surface area contributed by atoms with Crippen molar-refractivity contribution < 1.29 is 0 Å². The molecule has 0 heterocycles. The quantitative estimate of drug-likeness (QED) is 0.480. The van der Waals surface area contributed by atoms with E-state index in [0.29, 0.717) is 12.1 Å². The molecule has 0 aliphatic heterocycles. The second kappa shape index (κ2) is 7.10. The molecule has 0 bridgehead atoms. The van der Waals surface area contributed by atoms with E-state index < -0.39 is 0 Å². The number of hydrogen-bond acceptors (Lipinski definition) is 2. The summed E-state index contributed by atoms with van der Waals surface area (Å²) in [5, 5.41) is 3.38. The first kappa shape index (κ1) is 12.7. The fraction of sp³-hybridized carbons (Fsp3) is 0.818. The predicted molar refractivity (Wildman–Crippen MR) is 60.0 cm³/mol. The van der Waals surface area contributed by atoms with E-state index in [0.717, 1.165) is 13.1 Å². The average molecular weight is 184 g/mol. The van der Waals surface area contributed by atoms with Crippen molar-refractivity contribution in [2.45, 2.75) is 39.3 Å². The second-order valence-electron chi connectivity index (χ2n) is 3.91. The topological polar surface area (TPSA) is 15.3 Å². The highest BCUT2D eigenvalue weighted by Crippen LogP contribution is 1.94. The monoisotopic (exact) mass is 184 g/mol. The standard InChI is InChI=1S/C11H24N2/c1-6-11(4)12-8-7-9-13(5)10(2)3/h6,10-12H,1,7-9H2,2-5H3. The Balaban J connectivity index is 3.30. The van der Waals surface area contributed by atoms with Crippen LogP contribution in [0, 0.1) is 0 Å². The molecule has 1 unspecified atom stereocenters. The maximum Gasteiger partial charge on any atom is 0.0219 e. The van der Waals surface area contributed by atoms with Gasteiger partial charge >= 0.3 is 0 Å². The highest BCUT2D eigenvalue weighted by molar-refractivity contribution is 4.80. The van der Waals surface area contributed by atoms with Gasteiger partial charge in [-0.25, -0.2) is 0 Å². The van der Waals surface area contributed by atoms with E-state index in [4.69, 9.17) is 0 Å². The molecule has 0 spiro atoms. The third-order valence-corrected chi connectivity index (χ3v) is 2.39. The zero-order valence-electron chi connectivity index (χ0n) is 9.51. The first-order chi connectivity index (χ1) is 6.07. The molecule has 13 heavy (non-hydrogen) atoms. The highest BCUT2D eigenvalue weighted by atomic mass is 15.1. The van der Waals surface area contributed by atoms with Crippen molar-refractivity contribution in [3.63, 3.8) is 0 Å². The van der Waals surface area contributed by atoms with Crippen LogP contribution < -0.4 is 5.32 Å². The third kappa shape index (κ3) is 6.79. The smallest absolute Gasteiger partial charge is 0.0219 e. The molecule has 0 aromatic heterocycles. The molecule has 2 nitrogen and oxygen atoms in total. The molecule has 0 amide bonds. The molecule has 2 heteroatoms. The molecule has 0 fully saturated rings. The van der Waals surface area contributed by atoms with Gasteiger partial charge in [-0.3, -0.25) is 0 Å². The summed E-state index contributed by atoms with van der Waals surface area (Å²) >= 11 is 0. The minimum absolute atomic E-state index is 0.435. The van der Waals surface area contributed by atoms with Crippen LogP contribution >= 0.6 is 0 Å². The van der Waals surface area contributed by atoms with Crippen LogP contribution in [0.4, 0.5) is 0 Å². The van der Waals surface area contributed by atoms with Crippen molar-refractivity contribution >= 4 is 0 Å². The van der Waals surface area contributed by atoms with E-state index in [1.807, 2.05) is 6.08 Å². The molecule has 1 N–H and O–H groups in total. The summed E-state index contributed by atoms with van der Waals surface area (Å²) in [6.07, 6.45) is 3.14. The number of rotatable bonds is 7. The minimum Gasteiger partial charge on any atom is -0.311 e. The summed E-state index contributed by atoms with van der Waals surface area (Å²) < 4.78 is 0. The van der Waals surface area contributed by atoms with Gasteiger partial charge in [0.1, 0.15) is 0 Å². The van der Waals surface area contributed by atoms with Crippen molar-refractivity contribution in [1.29, 1.82) is 0 Å². The summed E-state index contributed by atoms with van der Waals surface area (Å²) in [6.45, 7) is 12.5. The van der Waals surface area contributed by atoms with Crippen molar-refractivity contribution in [3.05, 3.63) is 12.7 Å². The first-order valence-corrected chi connectivity index (χ1v) is 5.14. The Morgan fingerprint density at radius 2 is 2.00 bits per heavy atom. The van der Waals surface area contributed by atoms with Crippen LogP contribution in [-0.2, 0) is 0 Å². The average Bonchev–Trinajstić information content (AvgIpc) is 2.11. The van der Waals surface area contributed by atoms with Crippen molar-refractivity contribution in [2.75, 3.05) is 20.1 Å². The van der Waals surface area contributed by atoms with Gasteiger partial charge in [0.15, 0.2) is 0 Å². The summed E-state index contributed by atoms with van der Waals surface area (Å²) in [6, 6.07) is 1.08. The summed E-state index contributed by atoms with van der Waals surface area (Å²) in [7, 11) is 2.17. The zero-order chi connectivity index (χ0) is 10.3. The lowest BCUT2D eigenvalue weighted by molar-refractivity contribution is 0.269. The van der Waals surface area contributed by atoms with Crippen LogP contribution in [0.2, 0.25) is 0 Å². The lowest BCUT2D eigenvalue weighted by Gasteiger charge is -2.21. The Kier molecular flexibility index (Phi) is 6.92. The van der Waals surface area contributed by atoms with E-state index in [2.05, 4.69) is 44.6 Å². The molecular formula is C11H24N2. The van der Waals surface area contributed by atoms with Crippen LogP contribution in [0.5, 0.6) is 0 Å². The normalized spacial score (nSPS) is 13.7. The molecule has 0 aliphatic rings. The first-order valence-electron chi connectivity index (χ1n) is 5.14. The van der Waals surface area contributed by atoms with Gasteiger partial charge < -0.3 is 10.2 Å². The molecule has 0 rings (SSSR count). The van der Waals surface area contributed by atoms with Crippen molar-refractivity contribution in [3.8, 4) is 0 Å². The fourth-order valence-corrected chi connectivity index (χ4v) is 1.000. The largest absolute Gasteiger partial charge is 0.311 e. The van der Waals surface area contributed by atoms with Crippen LogP contribution in [0.1, 0.15) is 27.2 Å². The fourth-order valence-electron chi connectivity index (χ4n) is 1.000. The Hall–Kier alpha value is -0.340. The Labute approximate surface area is 83.0 Å². The molecule has 0 saturated carbocycles. The molecular weight excluding hydrogens is 160 g/mol. The SMILES string of the molecule is C=CC(C)NCCCN(C)C(C)C. The van der Waals surface area contributed by atoms with Gasteiger partial charge in [-0.1, -0.05) is 6.08 Å². The molecule has 0 saturated heterocycles. The van der Waals surface area contributed by atoms with E-state index in [1.54, 1.807) is 0 Å². The molecule has 0 aromatic rings. The lowest BCUT2D eigenvalue weighted by Crippen LogP contribution is -2.31. The van der Waals surface area contributed by atoms with Gasteiger partial charge in [0.2, 0.25) is 0 Å². The number of hydrogen-bond donors (Lipinski definition) is 1. The van der Waals surface area contributed by atoms with Gasteiger partial charge in [0.05, 0.1) is 0 Å². The Bertz CT molecular complexity index is 132. The Morgan fingerprint density at radius 1 is 1.38 bits per heavy atom. The van der Waals surface area contributed by atoms with E-state index in [1.165, 1.54) is 6.42 Å². The number of nitrogens with one attached hydrogen (secondary N) is 1.